The summed E-state index contributed by atoms with van der Waals surface area (Å²) in [4.78, 5) is 41.9. The largest absolute Gasteiger partial charge is 0.481 e. The van der Waals surface area contributed by atoms with Crippen molar-refractivity contribution in [2.24, 2.45) is 5.92 Å². The first-order chi connectivity index (χ1) is 24.4. The number of aromatic nitrogens is 1. The van der Waals surface area contributed by atoms with E-state index in [2.05, 4.69) is 16.1 Å². The first-order valence-corrected chi connectivity index (χ1v) is 17.3. The van der Waals surface area contributed by atoms with Gasteiger partial charge in [-0.05, 0) is 111 Å². The lowest BCUT2D eigenvalue weighted by atomic mass is 9.87. The van der Waals surface area contributed by atoms with Crippen LogP contribution in [0.15, 0.2) is 35.3 Å². The Labute approximate surface area is 298 Å². The SMILES string of the molecule is C#Cc1cc(-c2c(C)cc(F)cc2C)c(F)c([C@@H](CC(=O)O)NC(=O)[C@H](CC(C)C)n2cc(C3CCN(C4CC4)CC3)c(C(F)(F)F)cc2=O)c1F. The average Bonchev–Trinajstić information content (AvgIpc) is 3.89. The van der Waals surface area contributed by atoms with Gasteiger partial charge >= 0.3 is 12.1 Å². The van der Waals surface area contributed by atoms with Crippen molar-refractivity contribution in [2.75, 3.05) is 13.1 Å². The second-order valence-electron chi connectivity index (χ2n) is 14.3. The second kappa shape index (κ2) is 15.2. The van der Waals surface area contributed by atoms with Crippen LogP contribution in [0.4, 0.5) is 26.3 Å². The van der Waals surface area contributed by atoms with Crippen molar-refractivity contribution in [3.8, 4) is 23.5 Å². The molecule has 2 N–H and O–H groups in total. The van der Waals surface area contributed by atoms with Gasteiger partial charge in [0.05, 0.1) is 23.6 Å². The highest BCUT2D eigenvalue weighted by Crippen LogP contribution is 2.41. The lowest BCUT2D eigenvalue weighted by Crippen LogP contribution is -2.41. The summed E-state index contributed by atoms with van der Waals surface area (Å²) in [5.41, 5.74) is -3.14. The van der Waals surface area contributed by atoms with Gasteiger partial charge in [-0.1, -0.05) is 19.8 Å². The van der Waals surface area contributed by atoms with Crippen molar-refractivity contribution in [1.82, 2.24) is 14.8 Å². The van der Waals surface area contributed by atoms with Crippen LogP contribution in [-0.4, -0.2) is 45.6 Å². The molecule has 13 heteroatoms. The molecule has 2 fully saturated rings. The lowest BCUT2D eigenvalue weighted by Gasteiger charge is -2.34. The van der Waals surface area contributed by atoms with Gasteiger partial charge in [0.2, 0.25) is 5.91 Å². The average molecular weight is 730 g/mol. The van der Waals surface area contributed by atoms with Crippen LogP contribution in [-0.2, 0) is 15.8 Å². The highest BCUT2D eigenvalue weighted by Gasteiger charge is 2.40. The Morgan fingerprint density at radius 1 is 1.00 bits per heavy atom. The maximum absolute atomic E-state index is 16.5. The fourth-order valence-corrected chi connectivity index (χ4v) is 7.44. The number of amides is 1. The van der Waals surface area contributed by atoms with Gasteiger partial charge in [-0.3, -0.25) is 14.4 Å². The number of likely N-dealkylation sites (tertiary alicyclic amines) is 1. The summed E-state index contributed by atoms with van der Waals surface area (Å²) in [5, 5.41) is 12.2. The molecular weight excluding hydrogens is 688 g/mol. The zero-order valence-electron chi connectivity index (χ0n) is 29.3. The van der Waals surface area contributed by atoms with Crippen LogP contribution >= 0.6 is 0 Å². The number of carbonyl (C=O) groups excluding carboxylic acids is 1. The molecule has 2 aromatic carbocycles. The minimum Gasteiger partial charge on any atom is -0.481 e. The Bertz CT molecular complexity index is 1950. The molecule has 1 aromatic heterocycles. The highest BCUT2D eigenvalue weighted by atomic mass is 19.4. The molecule has 2 heterocycles. The molecule has 2 aliphatic rings. The molecule has 0 unspecified atom stereocenters. The van der Waals surface area contributed by atoms with Crippen LogP contribution in [0, 0.1) is 49.6 Å². The van der Waals surface area contributed by atoms with Crippen LogP contribution in [0.3, 0.4) is 0 Å². The Morgan fingerprint density at radius 3 is 2.13 bits per heavy atom. The monoisotopic (exact) mass is 729 g/mol. The summed E-state index contributed by atoms with van der Waals surface area (Å²) in [7, 11) is 0. The van der Waals surface area contributed by atoms with Crippen molar-refractivity contribution in [3.63, 3.8) is 0 Å². The molecule has 5 rings (SSSR count). The number of aryl methyl sites for hydroxylation is 2. The van der Waals surface area contributed by atoms with Gasteiger partial charge in [-0.15, -0.1) is 6.42 Å². The molecule has 1 saturated carbocycles. The summed E-state index contributed by atoms with van der Waals surface area (Å²) in [5.74, 6) is -4.46. The van der Waals surface area contributed by atoms with Gasteiger partial charge in [0, 0.05) is 29.4 Å². The zero-order valence-corrected chi connectivity index (χ0v) is 29.3. The number of piperidine rings is 1. The van der Waals surface area contributed by atoms with E-state index in [1.165, 1.54) is 13.8 Å². The number of hydrogen-bond donors (Lipinski definition) is 2. The second-order valence-corrected chi connectivity index (χ2v) is 14.3. The topological polar surface area (TPSA) is 91.6 Å². The Hall–Kier alpha value is -4.57. The van der Waals surface area contributed by atoms with E-state index < -0.39 is 82.2 Å². The zero-order chi connectivity index (χ0) is 38.2. The number of nitrogens with zero attached hydrogens (tertiary/aromatic N) is 2. The maximum Gasteiger partial charge on any atom is 0.416 e. The third-order valence-corrected chi connectivity index (χ3v) is 9.98. The highest BCUT2D eigenvalue weighted by molar-refractivity contribution is 5.82. The molecule has 0 radical (unpaired) electrons. The third kappa shape index (κ3) is 8.22. The molecule has 0 bridgehead atoms. The van der Waals surface area contributed by atoms with E-state index in [9.17, 15) is 37.1 Å². The number of rotatable bonds is 11. The van der Waals surface area contributed by atoms with Gasteiger partial charge in [-0.2, -0.15) is 13.2 Å². The number of benzene rings is 2. The lowest BCUT2D eigenvalue weighted by molar-refractivity contribution is -0.139. The van der Waals surface area contributed by atoms with Crippen molar-refractivity contribution >= 4 is 11.9 Å². The molecule has 1 amide bonds. The minimum atomic E-state index is -4.85. The fraction of sp³-hybridized carbons (Fsp3) is 0.462. The molecule has 0 spiro atoms. The summed E-state index contributed by atoms with van der Waals surface area (Å²) >= 11 is 0. The van der Waals surface area contributed by atoms with Gasteiger partial charge in [0.1, 0.15) is 23.5 Å². The van der Waals surface area contributed by atoms with Crippen molar-refractivity contribution in [3.05, 3.63) is 91.6 Å². The normalized spacial score (nSPS) is 16.8. The van der Waals surface area contributed by atoms with Gasteiger partial charge < -0.3 is 19.9 Å². The van der Waals surface area contributed by atoms with Gasteiger partial charge in [0.15, 0.2) is 0 Å². The fourth-order valence-electron chi connectivity index (χ4n) is 7.44. The number of hydrogen-bond acceptors (Lipinski definition) is 4. The van der Waals surface area contributed by atoms with E-state index in [1.54, 1.807) is 13.8 Å². The van der Waals surface area contributed by atoms with Crippen molar-refractivity contribution < 1.29 is 41.0 Å². The number of aliphatic carboxylic acids is 1. The number of halogens is 6. The number of alkyl halides is 3. The molecule has 2 atom stereocenters. The molecule has 1 saturated heterocycles. The number of pyridine rings is 1. The van der Waals surface area contributed by atoms with Gasteiger partial charge in [-0.25, -0.2) is 13.2 Å². The predicted octanol–water partition coefficient (Wildman–Crippen LogP) is 7.81. The molecule has 1 aliphatic heterocycles. The summed E-state index contributed by atoms with van der Waals surface area (Å²) in [6, 6.07) is 0.892. The molecule has 52 heavy (non-hydrogen) atoms. The standard InChI is InChI=1S/C39H41F6N3O4/c1-6-23-16-27(34-21(4)14-25(40)15-22(34)5)37(42)35(36(23)41)30(18-33(50)51)46-38(52)31(13-20(2)3)48-19-28(29(17-32(48)49)39(43,44)45)24-9-11-47(12-10-24)26-7-8-26/h1,14-17,19-20,24,26,30-31H,7-13,18H2,2-5H3,(H,46,52)(H,50,51)/t30-,31+/m1/s1. The molecule has 1 aliphatic carbocycles. The first-order valence-electron chi connectivity index (χ1n) is 17.3. The van der Waals surface area contributed by atoms with Crippen LogP contribution in [0.5, 0.6) is 0 Å². The number of carbonyl (C=O) groups is 2. The summed E-state index contributed by atoms with van der Waals surface area (Å²) < 4.78 is 90.6. The first kappa shape index (κ1) is 38.7. The van der Waals surface area contributed by atoms with E-state index in [-0.39, 0.29) is 40.2 Å². The smallest absolute Gasteiger partial charge is 0.416 e. The number of terminal acetylenes is 1. The minimum absolute atomic E-state index is 0.0783. The van der Waals surface area contributed by atoms with Crippen LogP contribution in [0.1, 0.15) is 104 Å². The molecular formula is C39H41F6N3O4. The predicted molar refractivity (Wildman–Crippen MR) is 183 cm³/mol. The number of nitrogens with one attached hydrogen (secondary N) is 1. The van der Waals surface area contributed by atoms with E-state index in [4.69, 9.17) is 6.42 Å². The van der Waals surface area contributed by atoms with Crippen LogP contribution < -0.4 is 10.9 Å². The Kier molecular flexibility index (Phi) is 11.3. The summed E-state index contributed by atoms with van der Waals surface area (Å²) in [6.45, 7) is 7.62. The molecule has 3 aromatic rings. The van der Waals surface area contributed by atoms with E-state index in [0.717, 1.165) is 41.8 Å². The Balaban J connectivity index is 1.59. The molecule has 278 valence electrons. The Morgan fingerprint density at radius 2 is 1.62 bits per heavy atom. The number of carboxylic acid groups (broad SMARTS) is 1. The van der Waals surface area contributed by atoms with E-state index >= 15 is 8.78 Å². The third-order valence-electron chi connectivity index (χ3n) is 9.98. The van der Waals surface area contributed by atoms with Crippen molar-refractivity contribution in [2.45, 2.75) is 96.4 Å². The quantitative estimate of drug-likeness (QED) is 0.155. The number of carboxylic acids is 1. The van der Waals surface area contributed by atoms with E-state index in [1.807, 2.05) is 0 Å². The van der Waals surface area contributed by atoms with Gasteiger partial charge in [0.25, 0.3) is 5.56 Å². The van der Waals surface area contributed by atoms with Crippen LogP contribution in [0.2, 0.25) is 0 Å². The maximum atomic E-state index is 16.5. The molecule has 7 nitrogen and oxygen atoms in total. The van der Waals surface area contributed by atoms with Crippen LogP contribution in [0.25, 0.3) is 11.1 Å². The van der Waals surface area contributed by atoms with Crippen molar-refractivity contribution in [1.29, 1.82) is 0 Å². The summed E-state index contributed by atoms with van der Waals surface area (Å²) in [6.07, 6.45) is 3.61. The van der Waals surface area contributed by atoms with E-state index in [0.29, 0.717) is 38.0 Å².